The molecule has 1 saturated carbocycles. The third kappa shape index (κ3) is 3.55. The molecule has 1 aromatic carbocycles. The smallest absolute Gasteiger partial charge is 0.179 e. The summed E-state index contributed by atoms with van der Waals surface area (Å²) in [6, 6.07) is 6.80. The van der Waals surface area contributed by atoms with Gasteiger partial charge in [0.1, 0.15) is 0 Å². The molecule has 1 aliphatic carbocycles. The molecule has 104 valence electrons. The van der Waals surface area contributed by atoms with Gasteiger partial charge in [-0.1, -0.05) is 25.0 Å². The first-order valence-electron chi connectivity index (χ1n) is 6.86. The SMILES string of the molecule is CC(N)C(=O)c1cccc(NCC2(O)CCCC2)c1. The molecule has 0 bridgehead atoms. The number of carbonyl (C=O) groups excluding carboxylic acids is 1. The van der Waals surface area contributed by atoms with Crippen LogP contribution in [0.3, 0.4) is 0 Å². The molecule has 4 heteroatoms. The van der Waals surface area contributed by atoms with Crippen molar-refractivity contribution in [2.45, 2.75) is 44.2 Å². The Morgan fingerprint density at radius 2 is 2.16 bits per heavy atom. The lowest BCUT2D eigenvalue weighted by Gasteiger charge is -2.23. The van der Waals surface area contributed by atoms with Crippen LogP contribution in [0.5, 0.6) is 0 Å². The summed E-state index contributed by atoms with van der Waals surface area (Å²) in [6.45, 7) is 2.21. The molecule has 1 atom stereocenters. The Morgan fingerprint density at radius 3 is 2.79 bits per heavy atom. The maximum absolute atomic E-state index is 11.8. The first kappa shape index (κ1) is 14.0. The molecular formula is C15H22N2O2. The number of benzene rings is 1. The Labute approximate surface area is 114 Å². The molecule has 1 aliphatic rings. The molecule has 0 saturated heterocycles. The molecule has 0 aromatic heterocycles. The average Bonchev–Trinajstić information content (AvgIpc) is 2.83. The molecule has 4 N–H and O–H groups in total. The number of Topliss-reactive ketones (excluding diaryl/α,β-unsaturated/α-hetero) is 1. The molecule has 0 amide bonds. The van der Waals surface area contributed by atoms with Crippen LogP contribution >= 0.6 is 0 Å². The van der Waals surface area contributed by atoms with Gasteiger partial charge in [0.25, 0.3) is 0 Å². The molecule has 4 nitrogen and oxygen atoms in total. The molecule has 2 rings (SSSR count). The molecular weight excluding hydrogens is 240 g/mol. The van der Waals surface area contributed by atoms with E-state index in [2.05, 4.69) is 5.32 Å². The summed E-state index contributed by atoms with van der Waals surface area (Å²) in [6.07, 6.45) is 3.86. The highest BCUT2D eigenvalue weighted by molar-refractivity contribution is 6.00. The third-order valence-electron chi connectivity index (χ3n) is 3.72. The second kappa shape index (κ2) is 5.72. The third-order valence-corrected chi connectivity index (χ3v) is 3.72. The van der Waals surface area contributed by atoms with Gasteiger partial charge in [0.15, 0.2) is 5.78 Å². The maximum Gasteiger partial charge on any atom is 0.179 e. The van der Waals surface area contributed by atoms with Gasteiger partial charge in [0.2, 0.25) is 0 Å². The summed E-state index contributed by atoms with van der Waals surface area (Å²) in [5, 5.41) is 13.5. The Bertz CT molecular complexity index is 451. The van der Waals surface area contributed by atoms with E-state index < -0.39 is 11.6 Å². The number of hydrogen-bond acceptors (Lipinski definition) is 4. The van der Waals surface area contributed by atoms with Crippen LogP contribution in [0.2, 0.25) is 0 Å². The van der Waals surface area contributed by atoms with Gasteiger partial charge in [-0.25, -0.2) is 0 Å². The molecule has 19 heavy (non-hydrogen) atoms. The highest BCUT2D eigenvalue weighted by Gasteiger charge is 2.30. The summed E-state index contributed by atoms with van der Waals surface area (Å²) in [4.78, 5) is 11.8. The molecule has 0 aliphatic heterocycles. The van der Waals surface area contributed by atoms with Gasteiger partial charge >= 0.3 is 0 Å². The van der Waals surface area contributed by atoms with E-state index >= 15 is 0 Å². The number of nitrogens with one attached hydrogen (secondary N) is 1. The van der Waals surface area contributed by atoms with Crippen LogP contribution in [0.4, 0.5) is 5.69 Å². The molecule has 1 unspecified atom stereocenters. The zero-order valence-corrected chi connectivity index (χ0v) is 11.4. The lowest BCUT2D eigenvalue weighted by molar-refractivity contribution is 0.0615. The van der Waals surface area contributed by atoms with Crippen LogP contribution in [0.1, 0.15) is 43.0 Å². The normalized spacial score (nSPS) is 19.1. The first-order valence-corrected chi connectivity index (χ1v) is 6.86. The molecule has 1 aromatic rings. The van der Waals surface area contributed by atoms with Crippen molar-refractivity contribution in [1.29, 1.82) is 0 Å². The monoisotopic (exact) mass is 262 g/mol. The van der Waals surface area contributed by atoms with Gasteiger partial charge in [0, 0.05) is 17.8 Å². The fourth-order valence-electron chi connectivity index (χ4n) is 2.52. The first-order chi connectivity index (χ1) is 9.00. The number of hydrogen-bond donors (Lipinski definition) is 3. The standard InChI is InChI=1S/C15H22N2O2/c1-11(16)14(18)12-5-4-6-13(9-12)17-10-15(19)7-2-3-8-15/h4-6,9,11,17,19H,2-3,7-8,10,16H2,1H3. The van der Waals surface area contributed by atoms with Crippen molar-refractivity contribution < 1.29 is 9.90 Å². The highest BCUT2D eigenvalue weighted by atomic mass is 16.3. The number of ketones is 1. The lowest BCUT2D eigenvalue weighted by atomic mass is 10.0. The summed E-state index contributed by atoms with van der Waals surface area (Å²) >= 11 is 0. The minimum atomic E-state index is -0.596. The Morgan fingerprint density at radius 1 is 1.47 bits per heavy atom. The fourth-order valence-corrected chi connectivity index (χ4v) is 2.52. The number of anilines is 1. The molecule has 0 heterocycles. The van der Waals surface area contributed by atoms with Crippen LogP contribution < -0.4 is 11.1 Å². The second-order valence-electron chi connectivity index (χ2n) is 5.52. The lowest BCUT2D eigenvalue weighted by Crippen LogP contribution is -2.33. The van der Waals surface area contributed by atoms with E-state index in [-0.39, 0.29) is 5.78 Å². The predicted octanol–water partition coefficient (Wildman–Crippen LogP) is 1.93. The Kier molecular flexibility index (Phi) is 4.22. The summed E-state index contributed by atoms with van der Waals surface area (Å²) in [5.74, 6) is -0.0665. The Balaban J connectivity index is 2.01. The molecule has 0 spiro atoms. The van der Waals surface area contributed by atoms with Crippen molar-refractivity contribution in [2.24, 2.45) is 5.73 Å². The van der Waals surface area contributed by atoms with Crippen LogP contribution in [-0.4, -0.2) is 29.1 Å². The molecule has 1 fully saturated rings. The van der Waals surface area contributed by atoms with Gasteiger partial charge in [-0.15, -0.1) is 0 Å². The van der Waals surface area contributed by atoms with Gasteiger partial charge < -0.3 is 16.2 Å². The second-order valence-corrected chi connectivity index (χ2v) is 5.52. The zero-order chi connectivity index (χ0) is 13.9. The number of rotatable bonds is 5. The zero-order valence-electron chi connectivity index (χ0n) is 11.4. The summed E-state index contributed by atoms with van der Waals surface area (Å²) < 4.78 is 0. The largest absolute Gasteiger partial charge is 0.388 e. The number of aliphatic hydroxyl groups is 1. The maximum atomic E-state index is 11.8. The van der Waals surface area contributed by atoms with E-state index in [4.69, 9.17) is 5.73 Å². The predicted molar refractivity (Wildman–Crippen MR) is 76.3 cm³/mol. The van der Waals surface area contributed by atoms with Crippen LogP contribution in [0, 0.1) is 0 Å². The van der Waals surface area contributed by atoms with E-state index in [9.17, 15) is 9.90 Å². The summed E-state index contributed by atoms with van der Waals surface area (Å²) in [7, 11) is 0. The number of carbonyl (C=O) groups is 1. The van der Waals surface area contributed by atoms with Crippen molar-refractivity contribution in [2.75, 3.05) is 11.9 Å². The van der Waals surface area contributed by atoms with Crippen molar-refractivity contribution in [3.63, 3.8) is 0 Å². The molecule has 0 radical (unpaired) electrons. The van der Waals surface area contributed by atoms with Crippen molar-refractivity contribution in [3.8, 4) is 0 Å². The van der Waals surface area contributed by atoms with Gasteiger partial charge in [-0.05, 0) is 31.9 Å². The van der Waals surface area contributed by atoms with Crippen molar-refractivity contribution in [1.82, 2.24) is 0 Å². The van der Waals surface area contributed by atoms with Crippen LogP contribution in [0.15, 0.2) is 24.3 Å². The van der Waals surface area contributed by atoms with E-state index in [1.807, 2.05) is 12.1 Å². The number of nitrogens with two attached hydrogens (primary N) is 1. The highest BCUT2D eigenvalue weighted by Crippen LogP contribution is 2.29. The topological polar surface area (TPSA) is 75.4 Å². The summed E-state index contributed by atoms with van der Waals surface area (Å²) in [5.41, 5.74) is 6.47. The fraction of sp³-hybridized carbons (Fsp3) is 0.533. The van der Waals surface area contributed by atoms with Crippen molar-refractivity contribution in [3.05, 3.63) is 29.8 Å². The van der Waals surface area contributed by atoms with Crippen LogP contribution in [-0.2, 0) is 0 Å². The Hall–Kier alpha value is -1.39. The average molecular weight is 262 g/mol. The van der Waals surface area contributed by atoms with E-state index in [1.165, 1.54) is 0 Å². The van der Waals surface area contributed by atoms with Gasteiger partial charge in [-0.3, -0.25) is 4.79 Å². The van der Waals surface area contributed by atoms with Crippen molar-refractivity contribution >= 4 is 11.5 Å². The van der Waals surface area contributed by atoms with Crippen LogP contribution in [0.25, 0.3) is 0 Å². The minimum Gasteiger partial charge on any atom is -0.388 e. The van der Waals surface area contributed by atoms with E-state index in [1.54, 1.807) is 19.1 Å². The quantitative estimate of drug-likeness (QED) is 0.709. The van der Waals surface area contributed by atoms with Gasteiger partial charge in [0.05, 0.1) is 11.6 Å². The van der Waals surface area contributed by atoms with E-state index in [0.29, 0.717) is 12.1 Å². The van der Waals surface area contributed by atoms with Gasteiger partial charge in [-0.2, -0.15) is 0 Å². The van der Waals surface area contributed by atoms with E-state index in [0.717, 1.165) is 31.4 Å². The minimum absolute atomic E-state index is 0.0665.